The highest BCUT2D eigenvalue weighted by molar-refractivity contribution is 7.13. The number of hydrogen-bond acceptors (Lipinski definition) is 5. The lowest BCUT2D eigenvalue weighted by molar-refractivity contribution is -0.148. The number of hydrogen-bond donors (Lipinski definition) is 0. The third kappa shape index (κ3) is 3.39. The Bertz CT molecular complexity index is 498. The molecule has 1 saturated heterocycles. The van der Waals surface area contributed by atoms with Gasteiger partial charge >= 0.3 is 5.97 Å². The minimum atomic E-state index is -0.685. The molecule has 4 nitrogen and oxygen atoms in total. The smallest absolute Gasteiger partial charge is 0.317 e. The Labute approximate surface area is 131 Å². The first-order valence-electron chi connectivity index (χ1n) is 7.76. The number of esters is 1. The molecule has 0 bridgehead atoms. The van der Waals surface area contributed by atoms with Crippen LogP contribution >= 0.6 is 11.3 Å². The molecule has 1 aliphatic heterocycles. The monoisotopic (exact) mass is 310 g/mol. The number of anilines is 1. The third-order valence-corrected chi connectivity index (χ3v) is 5.16. The van der Waals surface area contributed by atoms with Gasteiger partial charge in [-0.1, -0.05) is 6.92 Å². The second-order valence-corrected chi connectivity index (χ2v) is 7.38. The summed E-state index contributed by atoms with van der Waals surface area (Å²) in [4.78, 5) is 19.2. The Balaban J connectivity index is 2.19. The van der Waals surface area contributed by atoms with Gasteiger partial charge in [0.15, 0.2) is 5.13 Å². The van der Waals surface area contributed by atoms with Crippen LogP contribution in [0, 0.1) is 5.92 Å². The highest BCUT2D eigenvalue weighted by Gasteiger charge is 2.35. The van der Waals surface area contributed by atoms with Crippen LogP contribution in [-0.4, -0.2) is 30.1 Å². The molecule has 1 aromatic rings. The summed E-state index contributed by atoms with van der Waals surface area (Å²) in [7, 11) is 0. The number of ether oxygens (including phenoxy) is 1. The Morgan fingerprint density at radius 1 is 1.48 bits per heavy atom. The van der Waals surface area contributed by atoms with E-state index in [0.29, 0.717) is 18.6 Å². The van der Waals surface area contributed by atoms with E-state index in [4.69, 9.17) is 9.72 Å². The molecule has 2 rings (SSSR count). The summed E-state index contributed by atoms with van der Waals surface area (Å²) in [6.45, 7) is 11.6. The van der Waals surface area contributed by atoms with Gasteiger partial charge in [-0.3, -0.25) is 4.79 Å². The van der Waals surface area contributed by atoms with Crippen molar-refractivity contribution in [3.05, 3.63) is 11.1 Å². The molecule has 2 heterocycles. The Kier molecular flexibility index (Phi) is 4.91. The van der Waals surface area contributed by atoms with Crippen molar-refractivity contribution < 1.29 is 9.53 Å². The summed E-state index contributed by atoms with van der Waals surface area (Å²) >= 11 is 1.63. The van der Waals surface area contributed by atoms with E-state index in [0.717, 1.165) is 17.4 Å². The normalized spacial score (nSPS) is 23.2. The molecule has 0 aliphatic carbocycles. The fraction of sp³-hybridized carbons (Fsp3) is 0.750. The fourth-order valence-corrected chi connectivity index (χ4v) is 3.76. The molecule has 5 heteroatoms. The van der Waals surface area contributed by atoms with Gasteiger partial charge < -0.3 is 9.64 Å². The molecule has 118 valence electrons. The fourth-order valence-electron chi connectivity index (χ4n) is 2.65. The number of thiazole rings is 1. The molecular formula is C16H26N2O2S. The van der Waals surface area contributed by atoms with E-state index in [1.165, 1.54) is 12.8 Å². The zero-order chi connectivity index (χ0) is 15.6. The summed E-state index contributed by atoms with van der Waals surface area (Å²) in [5.41, 5.74) is 0.126. The second-order valence-electron chi connectivity index (χ2n) is 6.54. The van der Waals surface area contributed by atoms with Gasteiger partial charge in [0, 0.05) is 18.0 Å². The lowest BCUT2D eigenvalue weighted by atomic mass is 9.90. The van der Waals surface area contributed by atoms with E-state index in [-0.39, 0.29) is 5.97 Å². The molecule has 0 radical (unpaired) electrons. The number of carbonyl (C=O) groups excluding carboxylic acids is 1. The number of carbonyl (C=O) groups is 1. The maximum absolute atomic E-state index is 12.1. The third-order valence-electron chi connectivity index (χ3n) is 4.28. The first kappa shape index (κ1) is 16.3. The Hall–Kier alpha value is -1.10. The summed E-state index contributed by atoms with van der Waals surface area (Å²) in [6.07, 6.45) is 2.49. The van der Waals surface area contributed by atoms with Gasteiger partial charge in [0.2, 0.25) is 0 Å². The van der Waals surface area contributed by atoms with Crippen LogP contribution in [0.5, 0.6) is 0 Å². The van der Waals surface area contributed by atoms with Crippen molar-refractivity contribution in [1.82, 2.24) is 4.98 Å². The van der Waals surface area contributed by atoms with Crippen molar-refractivity contribution in [3.8, 4) is 0 Å². The highest BCUT2D eigenvalue weighted by atomic mass is 32.1. The molecule has 2 atom stereocenters. The zero-order valence-corrected chi connectivity index (χ0v) is 14.5. The van der Waals surface area contributed by atoms with Crippen LogP contribution in [-0.2, 0) is 14.9 Å². The molecule has 0 amide bonds. The Morgan fingerprint density at radius 3 is 2.86 bits per heavy atom. The van der Waals surface area contributed by atoms with Gasteiger partial charge in [0.25, 0.3) is 0 Å². The first-order chi connectivity index (χ1) is 9.86. The van der Waals surface area contributed by atoms with Gasteiger partial charge in [-0.05, 0) is 46.5 Å². The van der Waals surface area contributed by atoms with E-state index < -0.39 is 5.41 Å². The molecule has 0 saturated carbocycles. The lowest BCUT2D eigenvalue weighted by Crippen LogP contribution is -2.41. The van der Waals surface area contributed by atoms with Crippen molar-refractivity contribution in [2.24, 2.45) is 5.92 Å². The average molecular weight is 310 g/mol. The molecule has 1 aliphatic rings. The quantitative estimate of drug-likeness (QED) is 0.797. The predicted molar refractivity (Wildman–Crippen MR) is 87.0 cm³/mol. The standard InChI is InChI=1S/C16H26N2O2S/c1-6-20-14(19)16(4,5)13-10-21-15(17-13)18-9-11(2)7-8-12(18)3/h10-12H,6-9H2,1-5H3. The lowest BCUT2D eigenvalue weighted by Gasteiger charge is -2.36. The van der Waals surface area contributed by atoms with E-state index in [1.54, 1.807) is 11.3 Å². The maximum Gasteiger partial charge on any atom is 0.317 e. The van der Waals surface area contributed by atoms with Crippen LogP contribution in [0.1, 0.15) is 53.2 Å². The molecule has 21 heavy (non-hydrogen) atoms. The number of rotatable bonds is 4. The number of nitrogens with zero attached hydrogens (tertiary/aromatic N) is 2. The largest absolute Gasteiger partial charge is 0.465 e. The number of aromatic nitrogens is 1. The minimum absolute atomic E-state index is 0.207. The van der Waals surface area contributed by atoms with Crippen molar-refractivity contribution >= 4 is 22.4 Å². The summed E-state index contributed by atoms with van der Waals surface area (Å²) in [5.74, 6) is 0.494. The van der Waals surface area contributed by atoms with Crippen molar-refractivity contribution in [3.63, 3.8) is 0 Å². The van der Waals surface area contributed by atoms with Crippen LogP contribution in [0.15, 0.2) is 5.38 Å². The first-order valence-corrected chi connectivity index (χ1v) is 8.64. The minimum Gasteiger partial charge on any atom is -0.465 e. The van der Waals surface area contributed by atoms with Crippen molar-refractivity contribution in [2.75, 3.05) is 18.1 Å². The van der Waals surface area contributed by atoms with Gasteiger partial charge in [-0.25, -0.2) is 4.98 Å². The van der Waals surface area contributed by atoms with Crippen molar-refractivity contribution in [1.29, 1.82) is 0 Å². The zero-order valence-electron chi connectivity index (χ0n) is 13.7. The van der Waals surface area contributed by atoms with Crippen molar-refractivity contribution in [2.45, 2.75) is 58.9 Å². The topological polar surface area (TPSA) is 42.4 Å². The predicted octanol–water partition coefficient (Wildman–Crippen LogP) is 3.61. The van der Waals surface area contributed by atoms with Gasteiger partial charge in [0.1, 0.15) is 5.41 Å². The summed E-state index contributed by atoms with van der Waals surface area (Å²) in [5, 5.41) is 3.03. The Morgan fingerprint density at radius 2 is 2.19 bits per heavy atom. The molecule has 1 fully saturated rings. The van der Waals surface area contributed by atoms with Crippen LogP contribution in [0.2, 0.25) is 0 Å². The van der Waals surface area contributed by atoms with Gasteiger partial charge in [-0.15, -0.1) is 11.3 Å². The molecule has 0 spiro atoms. The summed E-state index contributed by atoms with van der Waals surface area (Å²) in [6, 6.07) is 0.519. The molecule has 0 N–H and O–H groups in total. The maximum atomic E-state index is 12.1. The van der Waals surface area contributed by atoms with Gasteiger partial charge in [-0.2, -0.15) is 0 Å². The van der Waals surface area contributed by atoms with Crippen LogP contribution in [0.4, 0.5) is 5.13 Å². The van der Waals surface area contributed by atoms with Gasteiger partial charge in [0.05, 0.1) is 12.3 Å². The van der Waals surface area contributed by atoms with E-state index in [2.05, 4.69) is 18.7 Å². The SMILES string of the molecule is CCOC(=O)C(C)(C)c1csc(N2CC(C)CCC2C)n1. The molecule has 1 aromatic heterocycles. The van der Waals surface area contributed by atoms with Crippen LogP contribution in [0.3, 0.4) is 0 Å². The molecule has 0 aromatic carbocycles. The van der Waals surface area contributed by atoms with Crippen LogP contribution < -0.4 is 4.90 Å². The van der Waals surface area contributed by atoms with E-state index >= 15 is 0 Å². The molecule has 2 unspecified atom stereocenters. The highest BCUT2D eigenvalue weighted by Crippen LogP contribution is 2.33. The van der Waals surface area contributed by atoms with E-state index in [9.17, 15) is 4.79 Å². The summed E-state index contributed by atoms with van der Waals surface area (Å²) < 4.78 is 5.17. The molecular weight excluding hydrogens is 284 g/mol. The average Bonchev–Trinajstić information content (AvgIpc) is 2.92. The van der Waals surface area contributed by atoms with E-state index in [1.807, 2.05) is 26.2 Å². The number of piperidine rings is 1. The van der Waals surface area contributed by atoms with Crippen LogP contribution in [0.25, 0.3) is 0 Å². The second kappa shape index (κ2) is 6.34.